The molecule has 0 bridgehead atoms. The van der Waals surface area contributed by atoms with E-state index in [1.165, 1.54) is 68.3 Å². The Balaban J connectivity index is 1.76. The highest BCUT2D eigenvalue weighted by atomic mass is 15.1. The largest absolute Gasteiger partial charge is 0.382 e. The molecule has 0 aromatic heterocycles. The molecule has 0 amide bonds. The SMILES string of the molecule is CC1CCc2cc(N(C)C3CCCCCC3)ccc2N1. The van der Waals surface area contributed by atoms with E-state index in [1.54, 1.807) is 0 Å². The molecule has 2 aliphatic rings. The number of hydrogen-bond donors (Lipinski definition) is 1. The van der Waals surface area contributed by atoms with Gasteiger partial charge in [0, 0.05) is 30.5 Å². The van der Waals surface area contributed by atoms with Crippen LogP contribution in [0.25, 0.3) is 0 Å². The zero-order chi connectivity index (χ0) is 13.9. The number of fused-ring (bicyclic) bond motifs is 1. The van der Waals surface area contributed by atoms with Crippen molar-refractivity contribution in [3.8, 4) is 0 Å². The van der Waals surface area contributed by atoms with Gasteiger partial charge in [0.15, 0.2) is 0 Å². The zero-order valence-corrected chi connectivity index (χ0v) is 13.0. The number of nitrogens with zero attached hydrogens (tertiary/aromatic N) is 1. The lowest BCUT2D eigenvalue weighted by molar-refractivity contribution is 0.552. The minimum absolute atomic E-state index is 0.618. The monoisotopic (exact) mass is 272 g/mol. The van der Waals surface area contributed by atoms with Gasteiger partial charge in [-0.25, -0.2) is 0 Å². The minimum atomic E-state index is 0.618. The topological polar surface area (TPSA) is 15.3 Å². The molecule has 0 spiro atoms. The Morgan fingerprint density at radius 1 is 1.05 bits per heavy atom. The van der Waals surface area contributed by atoms with Crippen LogP contribution in [-0.2, 0) is 6.42 Å². The van der Waals surface area contributed by atoms with Gasteiger partial charge < -0.3 is 10.2 Å². The second kappa shape index (κ2) is 6.07. The van der Waals surface area contributed by atoms with E-state index in [2.05, 4.69) is 42.4 Å². The lowest BCUT2D eigenvalue weighted by atomic mass is 9.97. The van der Waals surface area contributed by atoms with Crippen molar-refractivity contribution in [1.82, 2.24) is 0 Å². The maximum absolute atomic E-state index is 3.60. The molecule has 2 heteroatoms. The third kappa shape index (κ3) is 2.94. The zero-order valence-electron chi connectivity index (χ0n) is 13.0. The van der Waals surface area contributed by atoms with Crippen LogP contribution >= 0.6 is 0 Å². The van der Waals surface area contributed by atoms with Crippen molar-refractivity contribution in [1.29, 1.82) is 0 Å². The van der Waals surface area contributed by atoms with E-state index in [-0.39, 0.29) is 0 Å². The van der Waals surface area contributed by atoms with Gasteiger partial charge in [-0.1, -0.05) is 25.7 Å². The van der Waals surface area contributed by atoms with Gasteiger partial charge in [0.25, 0.3) is 0 Å². The molecule has 0 saturated heterocycles. The molecule has 1 fully saturated rings. The molecule has 2 nitrogen and oxygen atoms in total. The lowest BCUT2D eigenvalue weighted by Gasteiger charge is -2.31. The molecule has 0 radical (unpaired) electrons. The molecule has 1 saturated carbocycles. The Morgan fingerprint density at radius 3 is 2.55 bits per heavy atom. The summed E-state index contributed by atoms with van der Waals surface area (Å²) in [5.74, 6) is 0. The van der Waals surface area contributed by atoms with E-state index in [1.807, 2.05) is 0 Å². The average molecular weight is 272 g/mol. The summed E-state index contributed by atoms with van der Waals surface area (Å²) in [6.07, 6.45) is 10.9. The first-order valence-electron chi connectivity index (χ1n) is 8.36. The number of hydrogen-bond acceptors (Lipinski definition) is 2. The lowest BCUT2D eigenvalue weighted by Crippen LogP contribution is -2.31. The second-order valence-corrected chi connectivity index (χ2v) is 6.68. The molecule has 1 N–H and O–H groups in total. The third-order valence-electron chi connectivity index (χ3n) is 5.12. The van der Waals surface area contributed by atoms with Crippen molar-refractivity contribution in [2.45, 2.75) is 70.4 Å². The first-order valence-corrected chi connectivity index (χ1v) is 8.36. The van der Waals surface area contributed by atoms with E-state index in [4.69, 9.17) is 0 Å². The maximum atomic E-state index is 3.60. The molecule has 20 heavy (non-hydrogen) atoms. The van der Waals surface area contributed by atoms with Crippen LogP contribution in [0, 0.1) is 0 Å². The van der Waals surface area contributed by atoms with Crippen molar-refractivity contribution in [2.75, 3.05) is 17.3 Å². The normalized spacial score (nSPS) is 23.6. The van der Waals surface area contributed by atoms with Crippen LogP contribution in [0.3, 0.4) is 0 Å². The third-order valence-corrected chi connectivity index (χ3v) is 5.12. The van der Waals surface area contributed by atoms with Crippen LogP contribution in [0.1, 0.15) is 57.4 Å². The van der Waals surface area contributed by atoms with Crippen LogP contribution in [0.4, 0.5) is 11.4 Å². The fourth-order valence-corrected chi connectivity index (χ4v) is 3.71. The molecule has 1 atom stereocenters. The molecule has 1 heterocycles. The number of nitrogens with one attached hydrogen (secondary N) is 1. The highest BCUT2D eigenvalue weighted by Gasteiger charge is 2.19. The number of anilines is 2. The molecule has 1 aromatic rings. The summed E-state index contributed by atoms with van der Waals surface area (Å²) in [4.78, 5) is 2.53. The van der Waals surface area contributed by atoms with Gasteiger partial charge in [-0.2, -0.15) is 0 Å². The molecule has 3 rings (SSSR count). The van der Waals surface area contributed by atoms with Crippen LogP contribution in [0.15, 0.2) is 18.2 Å². The van der Waals surface area contributed by atoms with Crippen molar-refractivity contribution < 1.29 is 0 Å². The first kappa shape index (κ1) is 13.8. The summed E-state index contributed by atoms with van der Waals surface area (Å²) in [6, 6.07) is 8.36. The molecular weight excluding hydrogens is 244 g/mol. The fourth-order valence-electron chi connectivity index (χ4n) is 3.71. The molecule has 1 aliphatic heterocycles. The van der Waals surface area contributed by atoms with Crippen molar-refractivity contribution in [3.63, 3.8) is 0 Å². The van der Waals surface area contributed by atoms with Crippen LogP contribution in [0.2, 0.25) is 0 Å². The highest BCUT2D eigenvalue weighted by Crippen LogP contribution is 2.31. The van der Waals surface area contributed by atoms with E-state index in [0.29, 0.717) is 6.04 Å². The van der Waals surface area contributed by atoms with E-state index < -0.39 is 0 Å². The van der Waals surface area contributed by atoms with Gasteiger partial charge >= 0.3 is 0 Å². The summed E-state index contributed by atoms with van der Waals surface area (Å²) >= 11 is 0. The van der Waals surface area contributed by atoms with Crippen molar-refractivity contribution >= 4 is 11.4 Å². The van der Waals surface area contributed by atoms with Gasteiger partial charge in [-0.3, -0.25) is 0 Å². The van der Waals surface area contributed by atoms with Crippen LogP contribution in [-0.4, -0.2) is 19.1 Å². The average Bonchev–Trinajstić information content (AvgIpc) is 2.75. The molecule has 110 valence electrons. The predicted octanol–water partition coefficient (Wildman–Crippen LogP) is 4.59. The van der Waals surface area contributed by atoms with Gasteiger partial charge in [0.05, 0.1) is 0 Å². The van der Waals surface area contributed by atoms with Crippen molar-refractivity contribution in [3.05, 3.63) is 23.8 Å². The summed E-state index contributed by atoms with van der Waals surface area (Å²) < 4.78 is 0. The second-order valence-electron chi connectivity index (χ2n) is 6.68. The van der Waals surface area contributed by atoms with E-state index in [0.717, 1.165) is 6.04 Å². The number of aryl methyl sites for hydroxylation is 1. The molecule has 1 aliphatic carbocycles. The Bertz CT molecular complexity index is 447. The predicted molar refractivity (Wildman–Crippen MR) is 87.7 cm³/mol. The molecule has 1 aromatic carbocycles. The highest BCUT2D eigenvalue weighted by molar-refractivity contribution is 5.62. The molecular formula is C18H28N2. The Kier molecular flexibility index (Phi) is 4.18. The summed E-state index contributed by atoms with van der Waals surface area (Å²) in [5, 5.41) is 3.60. The van der Waals surface area contributed by atoms with Gasteiger partial charge in [0.1, 0.15) is 0 Å². The maximum Gasteiger partial charge on any atom is 0.0376 e. The Morgan fingerprint density at radius 2 is 1.80 bits per heavy atom. The summed E-state index contributed by atoms with van der Waals surface area (Å²) in [7, 11) is 2.29. The smallest absolute Gasteiger partial charge is 0.0376 e. The minimum Gasteiger partial charge on any atom is -0.382 e. The van der Waals surface area contributed by atoms with Crippen LogP contribution in [0.5, 0.6) is 0 Å². The first-order chi connectivity index (χ1) is 9.74. The van der Waals surface area contributed by atoms with Crippen molar-refractivity contribution in [2.24, 2.45) is 0 Å². The van der Waals surface area contributed by atoms with E-state index in [9.17, 15) is 0 Å². The molecule has 1 unspecified atom stereocenters. The number of rotatable bonds is 2. The summed E-state index contributed by atoms with van der Waals surface area (Å²) in [5.41, 5.74) is 4.26. The van der Waals surface area contributed by atoms with Gasteiger partial charge in [-0.05, 0) is 56.4 Å². The fraction of sp³-hybridized carbons (Fsp3) is 0.667. The Hall–Kier alpha value is -1.18. The standard InChI is InChI=1S/C18H28N2/c1-14-9-10-15-13-17(11-12-18(15)19-14)20(2)16-7-5-3-4-6-8-16/h11-14,16,19H,3-10H2,1-2H3. The quantitative estimate of drug-likeness (QED) is 0.792. The van der Waals surface area contributed by atoms with Gasteiger partial charge in [-0.15, -0.1) is 0 Å². The van der Waals surface area contributed by atoms with Crippen LogP contribution < -0.4 is 10.2 Å². The van der Waals surface area contributed by atoms with Gasteiger partial charge in [0.2, 0.25) is 0 Å². The number of benzene rings is 1. The Labute approximate surface area is 123 Å². The van der Waals surface area contributed by atoms with E-state index >= 15 is 0 Å². The summed E-state index contributed by atoms with van der Waals surface area (Å²) in [6.45, 7) is 2.27.